The molecule has 3 N–H and O–H groups in total. The Morgan fingerprint density at radius 3 is 2.95 bits per heavy atom. The summed E-state index contributed by atoms with van der Waals surface area (Å²) in [6.07, 6.45) is 3.61. The summed E-state index contributed by atoms with van der Waals surface area (Å²) in [6.45, 7) is 0.567. The highest BCUT2D eigenvalue weighted by molar-refractivity contribution is 5.96. The van der Waals surface area contributed by atoms with Gasteiger partial charge in [-0.25, -0.2) is 9.97 Å². The molecule has 102 valence electrons. The molecule has 0 spiro atoms. The molecule has 20 heavy (non-hydrogen) atoms. The Morgan fingerprint density at radius 1 is 1.30 bits per heavy atom. The fourth-order valence-corrected chi connectivity index (χ4v) is 2.24. The molecule has 0 saturated carbocycles. The van der Waals surface area contributed by atoms with Crippen LogP contribution in [0.5, 0.6) is 5.75 Å². The van der Waals surface area contributed by atoms with Gasteiger partial charge in [0, 0.05) is 24.4 Å². The molecule has 0 fully saturated rings. The smallest absolute Gasteiger partial charge is 0.274 e. The number of para-hydroxylation sites is 1. The van der Waals surface area contributed by atoms with Gasteiger partial charge in [0.25, 0.3) is 5.91 Å². The Kier molecular flexibility index (Phi) is 3.20. The Morgan fingerprint density at radius 2 is 2.10 bits per heavy atom. The number of nitrogens with zero attached hydrogens (tertiary/aromatic N) is 2. The minimum absolute atomic E-state index is 0.103. The molecule has 1 atom stereocenters. The van der Waals surface area contributed by atoms with Gasteiger partial charge in [0.2, 0.25) is 0 Å². The summed E-state index contributed by atoms with van der Waals surface area (Å²) in [4.78, 5) is 20.0. The van der Waals surface area contributed by atoms with Crippen molar-refractivity contribution in [1.82, 2.24) is 15.3 Å². The van der Waals surface area contributed by atoms with Crippen LogP contribution in [0.15, 0.2) is 36.7 Å². The highest BCUT2D eigenvalue weighted by Gasteiger charge is 2.24. The third kappa shape index (κ3) is 2.27. The first-order valence-corrected chi connectivity index (χ1v) is 6.35. The maximum absolute atomic E-state index is 12.2. The molecule has 1 aliphatic rings. The van der Waals surface area contributed by atoms with E-state index in [2.05, 4.69) is 15.3 Å². The predicted octanol–water partition coefficient (Wildman–Crippen LogP) is 1.31. The van der Waals surface area contributed by atoms with Gasteiger partial charge in [-0.15, -0.1) is 0 Å². The van der Waals surface area contributed by atoms with E-state index >= 15 is 0 Å². The number of nitrogen functional groups attached to an aromatic ring is 1. The molecule has 0 aliphatic carbocycles. The molecule has 3 rings (SSSR count). The zero-order valence-corrected chi connectivity index (χ0v) is 10.7. The second-order valence-electron chi connectivity index (χ2n) is 4.49. The van der Waals surface area contributed by atoms with E-state index in [9.17, 15) is 4.79 Å². The van der Waals surface area contributed by atoms with Crippen LogP contribution in [0.4, 0.5) is 5.82 Å². The first kappa shape index (κ1) is 12.4. The quantitative estimate of drug-likeness (QED) is 0.858. The highest BCUT2D eigenvalue weighted by atomic mass is 16.5. The van der Waals surface area contributed by atoms with Crippen molar-refractivity contribution < 1.29 is 9.53 Å². The number of amides is 1. The third-order valence-electron chi connectivity index (χ3n) is 3.21. The topological polar surface area (TPSA) is 90.1 Å². The van der Waals surface area contributed by atoms with E-state index in [-0.39, 0.29) is 23.5 Å². The van der Waals surface area contributed by atoms with E-state index in [1.807, 2.05) is 24.3 Å². The fraction of sp³-hybridized carbons (Fsp3) is 0.214. The van der Waals surface area contributed by atoms with Gasteiger partial charge in [0.1, 0.15) is 5.75 Å². The maximum atomic E-state index is 12.2. The number of nitrogens with two attached hydrogens (primary N) is 1. The van der Waals surface area contributed by atoms with Gasteiger partial charge in [-0.1, -0.05) is 18.2 Å². The average Bonchev–Trinajstić information content (AvgIpc) is 2.48. The molecule has 1 aromatic carbocycles. The first-order valence-electron chi connectivity index (χ1n) is 6.35. The number of anilines is 1. The number of hydrogen-bond acceptors (Lipinski definition) is 5. The van der Waals surface area contributed by atoms with E-state index in [1.54, 1.807) is 0 Å². The average molecular weight is 270 g/mol. The lowest BCUT2D eigenvalue weighted by atomic mass is 10.0. The van der Waals surface area contributed by atoms with Crippen LogP contribution >= 0.6 is 0 Å². The molecule has 1 amide bonds. The Balaban J connectivity index is 1.83. The number of ether oxygens (including phenoxy) is 1. The van der Waals surface area contributed by atoms with Crippen LogP contribution in [0, 0.1) is 0 Å². The molecule has 6 nitrogen and oxygen atoms in total. The molecule has 0 saturated heterocycles. The Bertz CT molecular complexity index is 645. The van der Waals surface area contributed by atoms with Crippen molar-refractivity contribution in [3.05, 3.63) is 47.9 Å². The van der Waals surface area contributed by atoms with Crippen LogP contribution in [-0.4, -0.2) is 22.5 Å². The summed E-state index contributed by atoms with van der Waals surface area (Å²) >= 11 is 0. The number of hydrogen-bond donors (Lipinski definition) is 2. The van der Waals surface area contributed by atoms with Crippen LogP contribution in [0.3, 0.4) is 0 Å². The summed E-state index contributed by atoms with van der Waals surface area (Å²) in [5.41, 5.74) is 6.78. The molecule has 2 heterocycles. The summed E-state index contributed by atoms with van der Waals surface area (Å²) in [7, 11) is 0. The van der Waals surface area contributed by atoms with Crippen LogP contribution < -0.4 is 15.8 Å². The summed E-state index contributed by atoms with van der Waals surface area (Å²) < 4.78 is 5.56. The van der Waals surface area contributed by atoms with E-state index < -0.39 is 0 Å². The lowest BCUT2D eigenvalue weighted by molar-refractivity contribution is 0.0920. The van der Waals surface area contributed by atoms with E-state index in [4.69, 9.17) is 10.5 Å². The molecule has 1 aliphatic heterocycles. The summed E-state index contributed by atoms with van der Waals surface area (Å²) in [5.74, 6) is 0.610. The van der Waals surface area contributed by atoms with Crippen molar-refractivity contribution in [3.8, 4) is 5.75 Å². The number of rotatable bonds is 2. The maximum Gasteiger partial charge on any atom is 0.274 e. The Hall–Kier alpha value is -2.63. The highest BCUT2D eigenvalue weighted by Crippen LogP contribution is 2.31. The van der Waals surface area contributed by atoms with Gasteiger partial charge in [0.05, 0.1) is 12.6 Å². The minimum atomic E-state index is -0.322. The lowest BCUT2D eigenvalue weighted by Crippen LogP contribution is -2.33. The summed E-state index contributed by atoms with van der Waals surface area (Å²) in [6, 6.07) is 7.56. The SMILES string of the molecule is Nc1nccnc1C(=O)NC1CCOc2ccccc21. The molecule has 6 heteroatoms. The zero-order chi connectivity index (χ0) is 13.9. The van der Waals surface area contributed by atoms with Gasteiger partial charge in [0.15, 0.2) is 11.5 Å². The summed E-state index contributed by atoms with van der Waals surface area (Å²) in [5, 5.41) is 2.93. The van der Waals surface area contributed by atoms with Crippen molar-refractivity contribution in [2.45, 2.75) is 12.5 Å². The monoisotopic (exact) mass is 270 g/mol. The number of fused-ring (bicyclic) bond motifs is 1. The van der Waals surface area contributed by atoms with Gasteiger partial charge in [-0.3, -0.25) is 4.79 Å². The number of aromatic nitrogens is 2. The number of benzene rings is 1. The fourth-order valence-electron chi connectivity index (χ4n) is 2.24. The molecular formula is C14H14N4O2. The van der Waals surface area contributed by atoms with Crippen molar-refractivity contribution in [2.75, 3.05) is 12.3 Å². The van der Waals surface area contributed by atoms with Crippen molar-refractivity contribution >= 4 is 11.7 Å². The van der Waals surface area contributed by atoms with Gasteiger partial charge < -0.3 is 15.8 Å². The van der Waals surface area contributed by atoms with E-state index in [0.29, 0.717) is 13.0 Å². The molecule has 2 aromatic rings. The largest absolute Gasteiger partial charge is 0.493 e. The number of carbonyl (C=O) groups is 1. The van der Waals surface area contributed by atoms with Gasteiger partial charge in [-0.05, 0) is 6.07 Å². The van der Waals surface area contributed by atoms with Crippen molar-refractivity contribution in [1.29, 1.82) is 0 Å². The molecule has 0 bridgehead atoms. The number of carbonyl (C=O) groups excluding carboxylic acids is 1. The third-order valence-corrected chi connectivity index (χ3v) is 3.21. The lowest BCUT2D eigenvalue weighted by Gasteiger charge is -2.26. The Labute approximate surface area is 116 Å². The molecule has 1 aromatic heterocycles. The van der Waals surface area contributed by atoms with E-state index in [0.717, 1.165) is 11.3 Å². The minimum Gasteiger partial charge on any atom is -0.493 e. The second-order valence-corrected chi connectivity index (χ2v) is 4.49. The van der Waals surface area contributed by atoms with Gasteiger partial charge in [-0.2, -0.15) is 0 Å². The molecule has 0 radical (unpaired) electrons. The predicted molar refractivity (Wildman–Crippen MR) is 73.2 cm³/mol. The van der Waals surface area contributed by atoms with Crippen molar-refractivity contribution in [2.24, 2.45) is 0 Å². The standard InChI is InChI=1S/C14H14N4O2/c15-13-12(16-6-7-17-13)14(19)18-10-5-8-20-11-4-2-1-3-9(10)11/h1-4,6-7,10H,5,8H2,(H2,15,17)(H,18,19). The van der Waals surface area contributed by atoms with Crippen LogP contribution in [0.25, 0.3) is 0 Å². The first-order chi connectivity index (χ1) is 9.75. The van der Waals surface area contributed by atoms with Crippen LogP contribution in [-0.2, 0) is 0 Å². The van der Waals surface area contributed by atoms with Crippen LogP contribution in [0.1, 0.15) is 28.5 Å². The van der Waals surface area contributed by atoms with E-state index in [1.165, 1.54) is 12.4 Å². The van der Waals surface area contributed by atoms with Crippen molar-refractivity contribution in [3.63, 3.8) is 0 Å². The zero-order valence-electron chi connectivity index (χ0n) is 10.7. The normalized spacial score (nSPS) is 16.9. The van der Waals surface area contributed by atoms with Crippen LogP contribution in [0.2, 0.25) is 0 Å². The molecule has 1 unspecified atom stereocenters. The number of nitrogens with one attached hydrogen (secondary N) is 1. The second kappa shape index (κ2) is 5.16. The van der Waals surface area contributed by atoms with Gasteiger partial charge >= 0.3 is 0 Å². The molecular weight excluding hydrogens is 256 g/mol.